The van der Waals surface area contributed by atoms with Crippen molar-refractivity contribution < 1.29 is 19.1 Å². The molecule has 5 aliphatic rings. The monoisotopic (exact) mass is 351 g/mol. The maximum Gasteiger partial charge on any atom is 0.331 e. The lowest BCUT2D eigenvalue weighted by atomic mass is 9.63. The third-order valence-electron chi connectivity index (χ3n) is 6.47. The van der Waals surface area contributed by atoms with Gasteiger partial charge in [0.2, 0.25) is 11.8 Å². The van der Waals surface area contributed by atoms with E-state index in [4.69, 9.17) is 4.74 Å². The first kappa shape index (κ1) is 15.8. The first-order valence-electron chi connectivity index (χ1n) is 9.26. The van der Waals surface area contributed by atoms with Crippen LogP contribution in [0.1, 0.15) is 17.5 Å². The fourth-order valence-electron chi connectivity index (χ4n) is 5.46. The number of likely N-dealkylation sites (tertiary alicyclic amines) is 1. The molecule has 1 aliphatic heterocycles. The van der Waals surface area contributed by atoms with Crippen LogP contribution in [0.15, 0.2) is 30.4 Å². The second-order valence-electron chi connectivity index (χ2n) is 8.21. The number of esters is 1. The third-order valence-corrected chi connectivity index (χ3v) is 6.47. The van der Waals surface area contributed by atoms with E-state index in [1.54, 1.807) is 12.1 Å². The molecule has 0 unspecified atom stereocenters. The summed E-state index contributed by atoms with van der Waals surface area (Å²) >= 11 is 0. The van der Waals surface area contributed by atoms with E-state index in [0.29, 0.717) is 17.6 Å². The Labute approximate surface area is 152 Å². The summed E-state index contributed by atoms with van der Waals surface area (Å²) in [6, 6.07) is 5.54. The fourth-order valence-corrected chi connectivity index (χ4v) is 5.46. The van der Waals surface area contributed by atoms with Crippen molar-refractivity contribution in [3.05, 3.63) is 41.5 Å². The van der Waals surface area contributed by atoms with Crippen molar-refractivity contribution in [1.29, 1.82) is 0 Å². The molecule has 2 saturated carbocycles. The molecule has 1 aromatic rings. The highest BCUT2D eigenvalue weighted by Gasteiger charge is 2.67. The molecule has 1 saturated heterocycles. The lowest BCUT2D eigenvalue weighted by Gasteiger charge is -2.37. The van der Waals surface area contributed by atoms with Crippen LogP contribution < -0.4 is 4.74 Å². The number of hydrogen-bond acceptors (Lipinski definition) is 4. The SMILES string of the molecule is Cc1cc(C)cc(OC(=O)CN2C(=O)[C@@H]3[C@H]4C=C[C@H]([C@H]5C[C@H]45)[C@@H]3C2=O)c1. The lowest BCUT2D eigenvalue weighted by Crippen LogP contribution is -2.40. The summed E-state index contributed by atoms with van der Waals surface area (Å²) in [5, 5.41) is 0. The van der Waals surface area contributed by atoms with Gasteiger partial charge in [-0.1, -0.05) is 18.2 Å². The quantitative estimate of drug-likeness (QED) is 0.363. The molecule has 0 N–H and O–H groups in total. The Hall–Kier alpha value is -2.43. The Kier molecular flexibility index (Phi) is 3.21. The molecule has 2 amide bonds. The molecule has 6 rings (SSSR count). The molecular weight excluding hydrogens is 330 g/mol. The topological polar surface area (TPSA) is 63.7 Å². The molecule has 3 fully saturated rings. The van der Waals surface area contributed by atoms with Crippen molar-refractivity contribution in [2.45, 2.75) is 20.3 Å². The summed E-state index contributed by atoms with van der Waals surface area (Å²) in [6.07, 6.45) is 5.38. The van der Waals surface area contributed by atoms with Gasteiger partial charge in [-0.05, 0) is 67.2 Å². The smallest absolute Gasteiger partial charge is 0.331 e. The lowest BCUT2D eigenvalue weighted by molar-refractivity contribution is -0.148. The second kappa shape index (κ2) is 5.29. The van der Waals surface area contributed by atoms with E-state index in [-0.39, 0.29) is 42.0 Å². The summed E-state index contributed by atoms with van der Waals surface area (Å²) in [5.74, 6) is 0.427. The molecular formula is C21H21NO4. The average Bonchev–Trinajstić information content (AvgIpc) is 3.35. The van der Waals surface area contributed by atoms with Crippen LogP contribution in [0.25, 0.3) is 0 Å². The number of hydrogen-bond donors (Lipinski definition) is 0. The summed E-state index contributed by atoms with van der Waals surface area (Å²) < 4.78 is 5.39. The molecule has 26 heavy (non-hydrogen) atoms. The minimum atomic E-state index is -0.569. The Morgan fingerprint density at radius 2 is 1.54 bits per heavy atom. The Bertz CT molecular complexity index is 817. The molecule has 134 valence electrons. The van der Waals surface area contributed by atoms with Crippen molar-refractivity contribution in [3.63, 3.8) is 0 Å². The summed E-state index contributed by atoms with van der Waals surface area (Å²) in [4.78, 5) is 39.2. The highest BCUT2D eigenvalue weighted by atomic mass is 16.5. The number of carbonyl (C=O) groups is 3. The predicted molar refractivity (Wildman–Crippen MR) is 93.0 cm³/mol. The summed E-state index contributed by atoms with van der Waals surface area (Å²) in [5.41, 5.74) is 1.99. The molecule has 1 aromatic carbocycles. The summed E-state index contributed by atoms with van der Waals surface area (Å²) in [7, 11) is 0. The van der Waals surface area contributed by atoms with Crippen LogP contribution in [0.2, 0.25) is 0 Å². The molecule has 2 bridgehead atoms. The van der Waals surface area contributed by atoms with Crippen molar-refractivity contribution >= 4 is 17.8 Å². The van der Waals surface area contributed by atoms with Gasteiger partial charge in [0.1, 0.15) is 12.3 Å². The van der Waals surface area contributed by atoms with Gasteiger partial charge in [-0.25, -0.2) is 4.79 Å². The highest BCUT2D eigenvalue weighted by Crippen LogP contribution is 2.65. The van der Waals surface area contributed by atoms with E-state index in [1.807, 2.05) is 19.9 Å². The number of ether oxygens (including phenoxy) is 1. The van der Waals surface area contributed by atoms with Crippen LogP contribution in [0.3, 0.4) is 0 Å². The third kappa shape index (κ3) is 2.19. The number of rotatable bonds is 3. The highest BCUT2D eigenvalue weighted by molar-refractivity contribution is 6.08. The van der Waals surface area contributed by atoms with Crippen molar-refractivity contribution in [2.75, 3.05) is 6.54 Å². The molecule has 5 nitrogen and oxygen atoms in total. The molecule has 0 aromatic heterocycles. The maximum absolute atomic E-state index is 12.9. The van der Waals surface area contributed by atoms with E-state index in [2.05, 4.69) is 12.2 Å². The van der Waals surface area contributed by atoms with Crippen LogP contribution in [-0.4, -0.2) is 29.2 Å². The van der Waals surface area contributed by atoms with Gasteiger partial charge < -0.3 is 4.74 Å². The standard InChI is InChI=1S/C21H21NO4/c1-10-5-11(2)7-12(6-10)26-17(23)9-22-20(24)18-13-3-4-14(16-8-15(13)16)19(18)21(22)25/h3-7,13-16,18-19H,8-9H2,1-2H3/t13-,14+,15-,16-,18+,19-/m1/s1. The van der Waals surface area contributed by atoms with Gasteiger partial charge in [0.05, 0.1) is 11.8 Å². The normalized spacial score (nSPS) is 36.2. The Morgan fingerprint density at radius 1 is 1.00 bits per heavy atom. The minimum Gasteiger partial charge on any atom is -0.425 e. The zero-order valence-electron chi connectivity index (χ0n) is 14.8. The van der Waals surface area contributed by atoms with E-state index in [9.17, 15) is 14.4 Å². The zero-order chi connectivity index (χ0) is 18.2. The number of aryl methyl sites for hydroxylation is 2. The van der Waals surface area contributed by atoms with Crippen LogP contribution in [0, 0.1) is 49.4 Å². The summed E-state index contributed by atoms with van der Waals surface area (Å²) in [6.45, 7) is 3.56. The zero-order valence-corrected chi connectivity index (χ0v) is 14.8. The van der Waals surface area contributed by atoms with E-state index < -0.39 is 5.97 Å². The van der Waals surface area contributed by atoms with Crippen LogP contribution in [0.5, 0.6) is 5.75 Å². The first-order chi connectivity index (χ1) is 12.4. The maximum atomic E-state index is 12.9. The number of imide groups is 1. The number of amides is 2. The Morgan fingerprint density at radius 3 is 2.08 bits per heavy atom. The van der Waals surface area contributed by atoms with Gasteiger partial charge in [-0.2, -0.15) is 0 Å². The van der Waals surface area contributed by atoms with Gasteiger partial charge in [0.25, 0.3) is 0 Å². The number of benzene rings is 1. The van der Waals surface area contributed by atoms with Crippen molar-refractivity contribution in [1.82, 2.24) is 4.90 Å². The van der Waals surface area contributed by atoms with E-state index in [0.717, 1.165) is 22.4 Å². The fraction of sp³-hybridized carbons (Fsp3) is 0.476. The second-order valence-corrected chi connectivity index (χ2v) is 8.21. The van der Waals surface area contributed by atoms with Gasteiger partial charge in [0.15, 0.2) is 0 Å². The van der Waals surface area contributed by atoms with Crippen molar-refractivity contribution in [3.8, 4) is 5.75 Å². The van der Waals surface area contributed by atoms with Gasteiger partial charge in [-0.3, -0.25) is 14.5 Å². The average molecular weight is 351 g/mol. The van der Waals surface area contributed by atoms with Gasteiger partial charge >= 0.3 is 5.97 Å². The first-order valence-corrected chi connectivity index (χ1v) is 9.26. The number of nitrogens with zero attached hydrogens (tertiary/aromatic N) is 1. The van der Waals surface area contributed by atoms with E-state index in [1.165, 1.54) is 0 Å². The minimum absolute atomic E-state index is 0.173. The van der Waals surface area contributed by atoms with Crippen LogP contribution >= 0.6 is 0 Å². The molecule has 0 spiro atoms. The van der Waals surface area contributed by atoms with Crippen LogP contribution in [-0.2, 0) is 14.4 Å². The van der Waals surface area contributed by atoms with Crippen molar-refractivity contribution in [2.24, 2.45) is 35.5 Å². The molecule has 6 atom stereocenters. The number of allylic oxidation sites excluding steroid dienone is 2. The van der Waals surface area contributed by atoms with Crippen LogP contribution in [0.4, 0.5) is 0 Å². The molecule has 4 aliphatic carbocycles. The van der Waals surface area contributed by atoms with Gasteiger partial charge in [-0.15, -0.1) is 0 Å². The largest absolute Gasteiger partial charge is 0.425 e. The number of carbonyl (C=O) groups excluding carboxylic acids is 3. The Balaban J connectivity index is 1.33. The molecule has 5 heteroatoms. The molecule has 1 heterocycles. The van der Waals surface area contributed by atoms with Gasteiger partial charge in [0, 0.05) is 0 Å². The van der Waals surface area contributed by atoms with E-state index >= 15 is 0 Å². The predicted octanol–water partition coefficient (Wildman–Crippen LogP) is 2.26. The molecule has 0 radical (unpaired) electrons.